The van der Waals surface area contributed by atoms with Crippen LogP contribution in [0.15, 0.2) is 0 Å². The number of carboxylic acids is 3. The van der Waals surface area contributed by atoms with Crippen LogP contribution in [0.3, 0.4) is 0 Å². The number of nitrogens with one attached hydrogen (secondary N) is 3. The lowest BCUT2D eigenvalue weighted by atomic mass is 10.1. The minimum Gasteiger partial charge on any atom is -0.481 e. The second kappa shape index (κ2) is 17.6. The molecule has 0 aliphatic carbocycles. The maximum absolute atomic E-state index is 13.1. The molecular weight excluding hydrogens is 510 g/mol. The summed E-state index contributed by atoms with van der Waals surface area (Å²) >= 11 is 0. The fraction of sp³-hybridized carbons (Fsp3) is 0.682. The van der Waals surface area contributed by atoms with E-state index in [1.807, 2.05) is 0 Å². The standard InChI is InChI=1S/C20H33N5O9.C2H4O2/c1-11(27)22-14(10-26)18(31)24-13(9-16(28)29)17(30)23-12(5-2-3-7-21)19(32)25-8-4-6-15(25)20(33)34;1-2(3)4/h12-15,26H,2-10,21H2,1H3,(H,22,27)(H,23,30)(H,24,31)(H,28,29)(H,33,34);1H3,(H,3,4). The molecule has 1 heterocycles. The topological polar surface area (TPSA) is 266 Å². The number of carbonyl (C=O) groups excluding carboxylic acids is 4. The molecule has 16 heteroatoms. The van der Waals surface area contributed by atoms with Crippen LogP contribution in [-0.2, 0) is 33.6 Å². The molecule has 216 valence electrons. The summed E-state index contributed by atoms with van der Waals surface area (Å²) in [7, 11) is 0. The van der Waals surface area contributed by atoms with Gasteiger partial charge in [-0.3, -0.25) is 28.8 Å². The van der Waals surface area contributed by atoms with Gasteiger partial charge in [0, 0.05) is 20.4 Å². The molecule has 4 atom stereocenters. The molecule has 1 saturated heterocycles. The molecule has 0 radical (unpaired) electrons. The first kappa shape index (κ1) is 34.2. The number of aliphatic hydroxyl groups excluding tert-OH is 1. The van der Waals surface area contributed by atoms with E-state index in [4.69, 9.17) is 20.7 Å². The number of aliphatic hydroxyl groups is 1. The minimum atomic E-state index is -1.62. The maximum atomic E-state index is 13.1. The first-order valence-electron chi connectivity index (χ1n) is 11.9. The highest BCUT2D eigenvalue weighted by atomic mass is 16.4. The Balaban J connectivity index is 0.00000318. The monoisotopic (exact) mass is 547 g/mol. The van der Waals surface area contributed by atoms with E-state index in [0.717, 1.165) is 13.8 Å². The number of nitrogens with two attached hydrogens (primary N) is 1. The van der Waals surface area contributed by atoms with E-state index in [2.05, 4.69) is 16.0 Å². The van der Waals surface area contributed by atoms with Gasteiger partial charge in [0.25, 0.3) is 5.97 Å². The van der Waals surface area contributed by atoms with Crippen LogP contribution in [0.5, 0.6) is 0 Å². The van der Waals surface area contributed by atoms with Crippen LogP contribution in [-0.4, -0.2) is 111 Å². The van der Waals surface area contributed by atoms with Crippen molar-refractivity contribution in [3.05, 3.63) is 0 Å². The number of hydrogen-bond acceptors (Lipinski definition) is 9. The van der Waals surface area contributed by atoms with E-state index in [1.165, 1.54) is 4.90 Å². The average molecular weight is 548 g/mol. The van der Waals surface area contributed by atoms with Crippen molar-refractivity contribution in [1.82, 2.24) is 20.9 Å². The molecule has 9 N–H and O–H groups in total. The Bertz CT molecular complexity index is 863. The van der Waals surface area contributed by atoms with Gasteiger partial charge in [-0.1, -0.05) is 0 Å². The van der Waals surface area contributed by atoms with Gasteiger partial charge in [-0.05, 0) is 38.6 Å². The fourth-order valence-electron chi connectivity index (χ4n) is 3.61. The molecule has 1 aliphatic rings. The van der Waals surface area contributed by atoms with E-state index in [1.54, 1.807) is 0 Å². The number of unbranched alkanes of at least 4 members (excludes halogenated alkanes) is 1. The van der Waals surface area contributed by atoms with E-state index in [-0.39, 0.29) is 19.4 Å². The Labute approximate surface area is 218 Å². The Morgan fingerprint density at radius 2 is 1.45 bits per heavy atom. The summed E-state index contributed by atoms with van der Waals surface area (Å²) in [6, 6.07) is -5.22. The number of likely N-dealkylation sites (tertiary alicyclic amines) is 1. The summed E-state index contributed by atoms with van der Waals surface area (Å²) in [5, 5.41) is 42.0. The quantitative estimate of drug-likeness (QED) is 0.103. The molecule has 0 saturated carbocycles. The van der Waals surface area contributed by atoms with Crippen LogP contribution in [0.4, 0.5) is 0 Å². The molecule has 0 aromatic heterocycles. The molecule has 1 rings (SSSR count). The highest BCUT2D eigenvalue weighted by Gasteiger charge is 2.38. The van der Waals surface area contributed by atoms with Crippen molar-refractivity contribution in [3.63, 3.8) is 0 Å². The summed E-state index contributed by atoms with van der Waals surface area (Å²) in [4.78, 5) is 82.4. The van der Waals surface area contributed by atoms with Gasteiger partial charge in [-0.25, -0.2) is 4.79 Å². The van der Waals surface area contributed by atoms with Crippen LogP contribution in [0.2, 0.25) is 0 Å². The molecule has 38 heavy (non-hydrogen) atoms. The molecule has 0 bridgehead atoms. The highest BCUT2D eigenvalue weighted by molar-refractivity contribution is 5.96. The zero-order valence-corrected chi connectivity index (χ0v) is 21.3. The SMILES string of the molecule is CC(=O)NC(CO)C(=O)NC(CC(=O)O)C(=O)NC(CCCCN)C(=O)N1CCCC1C(=O)O.CC(=O)O. The van der Waals surface area contributed by atoms with E-state index in [9.17, 15) is 39.0 Å². The predicted molar refractivity (Wildman–Crippen MR) is 129 cm³/mol. The highest BCUT2D eigenvalue weighted by Crippen LogP contribution is 2.20. The number of carboxylic acid groups (broad SMARTS) is 3. The second-order valence-corrected chi connectivity index (χ2v) is 8.49. The van der Waals surface area contributed by atoms with Gasteiger partial charge >= 0.3 is 11.9 Å². The van der Waals surface area contributed by atoms with Crippen molar-refractivity contribution in [2.75, 3.05) is 19.7 Å². The average Bonchev–Trinajstić information content (AvgIpc) is 3.30. The molecule has 16 nitrogen and oxygen atoms in total. The number of hydrogen-bond donors (Lipinski definition) is 8. The zero-order chi connectivity index (χ0) is 29.4. The molecule has 1 fully saturated rings. The van der Waals surface area contributed by atoms with Crippen LogP contribution in [0.25, 0.3) is 0 Å². The predicted octanol–water partition coefficient (Wildman–Crippen LogP) is -2.78. The van der Waals surface area contributed by atoms with E-state index >= 15 is 0 Å². The summed E-state index contributed by atoms with van der Waals surface area (Å²) in [6.45, 7) is 1.93. The fourth-order valence-corrected chi connectivity index (χ4v) is 3.61. The largest absolute Gasteiger partial charge is 0.481 e. The maximum Gasteiger partial charge on any atom is 0.326 e. The molecular formula is C22H37N5O11. The third-order valence-electron chi connectivity index (χ3n) is 5.27. The van der Waals surface area contributed by atoms with E-state index < -0.39 is 78.7 Å². The van der Waals surface area contributed by atoms with Gasteiger partial charge in [0.2, 0.25) is 23.6 Å². The zero-order valence-electron chi connectivity index (χ0n) is 21.3. The molecule has 0 aromatic carbocycles. The van der Waals surface area contributed by atoms with Crippen molar-refractivity contribution in [1.29, 1.82) is 0 Å². The smallest absolute Gasteiger partial charge is 0.326 e. The van der Waals surface area contributed by atoms with Gasteiger partial charge < -0.3 is 47.0 Å². The summed E-state index contributed by atoms with van der Waals surface area (Å²) in [6.07, 6.45) is 1.02. The molecule has 0 spiro atoms. The first-order valence-corrected chi connectivity index (χ1v) is 11.9. The van der Waals surface area contributed by atoms with Crippen molar-refractivity contribution in [2.24, 2.45) is 5.73 Å². The Hall–Kier alpha value is -3.79. The van der Waals surface area contributed by atoms with Crippen molar-refractivity contribution < 1.29 is 54.0 Å². The summed E-state index contributed by atoms with van der Waals surface area (Å²) in [5.74, 6) is -6.64. The van der Waals surface area contributed by atoms with Crippen molar-refractivity contribution in [3.8, 4) is 0 Å². The number of carbonyl (C=O) groups is 7. The molecule has 1 aliphatic heterocycles. The Morgan fingerprint density at radius 3 is 1.92 bits per heavy atom. The first-order chi connectivity index (χ1) is 17.7. The Morgan fingerprint density at radius 1 is 0.895 bits per heavy atom. The van der Waals surface area contributed by atoms with Crippen LogP contribution in [0, 0.1) is 0 Å². The number of amides is 4. The number of nitrogens with zero attached hydrogens (tertiary/aromatic N) is 1. The lowest BCUT2D eigenvalue weighted by Gasteiger charge is -2.29. The van der Waals surface area contributed by atoms with Crippen molar-refractivity contribution >= 4 is 41.5 Å². The minimum absolute atomic E-state index is 0.128. The lowest BCUT2D eigenvalue weighted by Crippen LogP contribution is -2.58. The lowest BCUT2D eigenvalue weighted by molar-refractivity contribution is -0.149. The van der Waals surface area contributed by atoms with Crippen LogP contribution < -0.4 is 21.7 Å². The second-order valence-electron chi connectivity index (χ2n) is 8.49. The van der Waals surface area contributed by atoms with Gasteiger partial charge in [0.1, 0.15) is 24.2 Å². The molecule has 0 aromatic rings. The number of rotatable bonds is 14. The van der Waals surface area contributed by atoms with Gasteiger partial charge in [0.15, 0.2) is 0 Å². The van der Waals surface area contributed by atoms with Gasteiger partial charge in [0.05, 0.1) is 13.0 Å². The van der Waals surface area contributed by atoms with Crippen LogP contribution >= 0.6 is 0 Å². The van der Waals surface area contributed by atoms with Gasteiger partial charge in [-0.15, -0.1) is 0 Å². The molecule has 4 unspecified atom stereocenters. The van der Waals surface area contributed by atoms with Gasteiger partial charge in [-0.2, -0.15) is 0 Å². The third-order valence-corrected chi connectivity index (χ3v) is 5.27. The van der Waals surface area contributed by atoms with E-state index in [0.29, 0.717) is 25.8 Å². The normalized spacial score (nSPS) is 16.6. The van der Waals surface area contributed by atoms with Crippen molar-refractivity contribution in [2.45, 2.75) is 76.5 Å². The Kier molecular flexibility index (Phi) is 15.9. The molecule has 4 amide bonds. The third kappa shape index (κ3) is 13.0. The van der Waals surface area contributed by atoms with Crippen LogP contribution in [0.1, 0.15) is 52.4 Å². The number of aliphatic carboxylic acids is 3. The summed E-state index contributed by atoms with van der Waals surface area (Å²) in [5.41, 5.74) is 5.49. The summed E-state index contributed by atoms with van der Waals surface area (Å²) < 4.78 is 0.